The minimum atomic E-state index is -0.588. The summed E-state index contributed by atoms with van der Waals surface area (Å²) in [6.45, 7) is 4.25. The van der Waals surface area contributed by atoms with Gasteiger partial charge in [0.15, 0.2) is 6.61 Å². The summed E-state index contributed by atoms with van der Waals surface area (Å²) in [5.41, 5.74) is 4.62. The Morgan fingerprint density at radius 3 is 2.77 bits per heavy atom. The standard InChI is InChI=1S/C23H23N3O4/c1-14-9-15(2)18-12-20(25-19(18)10-14)23(29)30-13-21(27)24-16-5-3-6-17(11-16)26-8-4-7-22(26)28/h3,5-6,9-12,25H,4,7-8,13H2,1-2H3,(H,24,27). The molecule has 7 heteroatoms. The van der Waals surface area contributed by atoms with E-state index in [9.17, 15) is 14.4 Å². The molecular formula is C23H23N3O4. The van der Waals surface area contributed by atoms with Crippen molar-refractivity contribution in [3.8, 4) is 0 Å². The number of esters is 1. The summed E-state index contributed by atoms with van der Waals surface area (Å²) in [5, 5.41) is 3.66. The lowest BCUT2D eigenvalue weighted by atomic mass is 10.1. The molecule has 1 aliphatic rings. The zero-order chi connectivity index (χ0) is 21.3. The molecule has 30 heavy (non-hydrogen) atoms. The van der Waals surface area contributed by atoms with Crippen molar-refractivity contribution >= 4 is 40.1 Å². The normalized spacial score (nSPS) is 13.7. The van der Waals surface area contributed by atoms with Crippen LogP contribution in [0.5, 0.6) is 0 Å². The van der Waals surface area contributed by atoms with Gasteiger partial charge in [-0.3, -0.25) is 9.59 Å². The number of benzene rings is 2. The van der Waals surface area contributed by atoms with Gasteiger partial charge in [-0.15, -0.1) is 0 Å². The first kappa shape index (κ1) is 19.7. The van der Waals surface area contributed by atoms with Crippen molar-refractivity contribution in [1.29, 1.82) is 0 Å². The van der Waals surface area contributed by atoms with Crippen LogP contribution in [0.1, 0.15) is 34.5 Å². The SMILES string of the molecule is Cc1cc(C)c2cc(C(=O)OCC(=O)Nc3cccc(N4CCCC4=O)c3)[nH]c2c1. The fourth-order valence-electron chi connectivity index (χ4n) is 3.79. The lowest BCUT2D eigenvalue weighted by Gasteiger charge is -2.16. The number of nitrogens with zero attached hydrogens (tertiary/aromatic N) is 1. The summed E-state index contributed by atoms with van der Waals surface area (Å²) in [7, 11) is 0. The number of hydrogen-bond acceptors (Lipinski definition) is 4. The van der Waals surface area contributed by atoms with E-state index in [4.69, 9.17) is 4.74 Å². The Labute approximate surface area is 174 Å². The van der Waals surface area contributed by atoms with Gasteiger partial charge in [0.05, 0.1) is 0 Å². The number of amides is 2. The van der Waals surface area contributed by atoms with Gasteiger partial charge in [-0.25, -0.2) is 4.79 Å². The predicted molar refractivity (Wildman–Crippen MR) is 115 cm³/mol. The van der Waals surface area contributed by atoms with Crippen LogP contribution in [0.3, 0.4) is 0 Å². The van der Waals surface area contributed by atoms with Crippen LogP contribution in [0.15, 0.2) is 42.5 Å². The third kappa shape index (κ3) is 4.05. The zero-order valence-corrected chi connectivity index (χ0v) is 17.0. The quantitative estimate of drug-likeness (QED) is 0.633. The number of carbonyl (C=O) groups excluding carboxylic acids is 3. The Morgan fingerprint density at radius 1 is 1.17 bits per heavy atom. The van der Waals surface area contributed by atoms with Crippen molar-refractivity contribution in [2.75, 3.05) is 23.4 Å². The molecule has 0 bridgehead atoms. The number of rotatable bonds is 5. The van der Waals surface area contributed by atoms with E-state index in [0.29, 0.717) is 24.3 Å². The number of aryl methyl sites for hydroxylation is 2. The van der Waals surface area contributed by atoms with Crippen molar-refractivity contribution in [2.45, 2.75) is 26.7 Å². The van der Waals surface area contributed by atoms with E-state index in [-0.39, 0.29) is 5.91 Å². The second kappa shape index (κ2) is 8.02. The van der Waals surface area contributed by atoms with Crippen molar-refractivity contribution < 1.29 is 19.1 Å². The molecule has 0 saturated carbocycles. The molecule has 0 radical (unpaired) electrons. The Kier molecular flexibility index (Phi) is 5.27. The summed E-state index contributed by atoms with van der Waals surface area (Å²) >= 11 is 0. The van der Waals surface area contributed by atoms with Crippen LogP contribution in [0.25, 0.3) is 10.9 Å². The van der Waals surface area contributed by atoms with Gasteiger partial charge in [-0.1, -0.05) is 12.1 Å². The smallest absolute Gasteiger partial charge is 0.355 e. The van der Waals surface area contributed by atoms with Crippen molar-refractivity contribution in [3.05, 3.63) is 59.3 Å². The molecule has 0 atom stereocenters. The molecule has 154 valence electrons. The predicted octanol–water partition coefficient (Wildman–Crippen LogP) is 3.71. The third-order valence-corrected chi connectivity index (χ3v) is 5.16. The Balaban J connectivity index is 1.37. The summed E-state index contributed by atoms with van der Waals surface area (Å²) < 4.78 is 5.16. The summed E-state index contributed by atoms with van der Waals surface area (Å²) in [4.78, 5) is 41.2. The molecule has 2 amide bonds. The van der Waals surface area contributed by atoms with E-state index in [0.717, 1.165) is 34.1 Å². The first-order chi connectivity index (χ1) is 14.4. The molecule has 0 unspecified atom stereocenters. The second-order valence-corrected chi connectivity index (χ2v) is 7.55. The fourth-order valence-corrected chi connectivity index (χ4v) is 3.79. The monoisotopic (exact) mass is 405 g/mol. The maximum atomic E-state index is 12.4. The van der Waals surface area contributed by atoms with Crippen LogP contribution < -0.4 is 10.2 Å². The van der Waals surface area contributed by atoms with Gasteiger partial charge in [0.1, 0.15) is 5.69 Å². The van der Waals surface area contributed by atoms with Crippen molar-refractivity contribution in [1.82, 2.24) is 4.98 Å². The summed E-state index contributed by atoms with van der Waals surface area (Å²) in [6.07, 6.45) is 1.37. The highest BCUT2D eigenvalue weighted by molar-refractivity contribution is 5.99. The van der Waals surface area contributed by atoms with Gasteiger partial charge in [0, 0.05) is 35.2 Å². The highest BCUT2D eigenvalue weighted by Crippen LogP contribution is 2.24. The molecule has 2 heterocycles. The molecule has 2 N–H and O–H groups in total. The number of ether oxygens (including phenoxy) is 1. The van der Waals surface area contributed by atoms with Crippen LogP contribution in [-0.4, -0.2) is 35.9 Å². The van der Waals surface area contributed by atoms with Crippen LogP contribution in [0.4, 0.5) is 11.4 Å². The molecule has 0 spiro atoms. The molecule has 2 aromatic carbocycles. The number of aromatic nitrogens is 1. The van der Waals surface area contributed by atoms with Crippen molar-refractivity contribution in [2.24, 2.45) is 0 Å². The minimum absolute atomic E-state index is 0.0798. The highest BCUT2D eigenvalue weighted by atomic mass is 16.5. The average molecular weight is 405 g/mol. The highest BCUT2D eigenvalue weighted by Gasteiger charge is 2.22. The number of aromatic amines is 1. The summed E-state index contributed by atoms with van der Waals surface area (Å²) in [5.74, 6) is -0.956. The molecule has 0 aliphatic carbocycles. The van der Waals surface area contributed by atoms with E-state index in [2.05, 4.69) is 10.3 Å². The van der Waals surface area contributed by atoms with Gasteiger partial charge >= 0.3 is 5.97 Å². The largest absolute Gasteiger partial charge is 0.451 e. The zero-order valence-electron chi connectivity index (χ0n) is 17.0. The van der Waals surface area contributed by atoms with Crippen LogP contribution >= 0.6 is 0 Å². The molecule has 1 aromatic heterocycles. The topological polar surface area (TPSA) is 91.5 Å². The first-order valence-corrected chi connectivity index (χ1v) is 9.88. The van der Waals surface area contributed by atoms with Gasteiger partial charge < -0.3 is 19.9 Å². The van der Waals surface area contributed by atoms with E-state index in [1.807, 2.05) is 32.0 Å². The number of hydrogen-bond donors (Lipinski definition) is 2. The van der Waals surface area contributed by atoms with E-state index < -0.39 is 18.5 Å². The summed E-state index contributed by atoms with van der Waals surface area (Å²) in [6, 6.07) is 12.8. The second-order valence-electron chi connectivity index (χ2n) is 7.55. The third-order valence-electron chi connectivity index (χ3n) is 5.16. The Morgan fingerprint density at radius 2 is 2.00 bits per heavy atom. The maximum Gasteiger partial charge on any atom is 0.355 e. The van der Waals surface area contributed by atoms with Crippen LogP contribution in [0, 0.1) is 13.8 Å². The van der Waals surface area contributed by atoms with E-state index in [1.54, 1.807) is 29.2 Å². The molecule has 3 aromatic rings. The van der Waals surface area contributed by atoms with Gasteiger partial charge in [0.25, 0.3) is 5.91 Å². The van der Waals surface area contributed by atoms with Gasteiger partial charge in [0.2, 0.25) is 5.91 Å². The number of carbonyl (C=O) groups is 3. The Bertz CT molecular complexity index is 1150. The number of anilines is 2. The first-order valence-electron chi connectivity index (χ1n) is 9.88. The van der Waals surface area contributed by atoms with E-state index >= 15 is 0 Å². The molecule has 1 saturated heterocycles. The lowest BCUT2D eigenvalue weighted by Crippen LogP contribution is -2.24. The van der Waals surface area contributed by atoms with Crippen LogP contribution in [-0.2, 0) is 14.3 Å². The van der Waals surface area contributed by atoms with Gasteiger partial charge in [-0.05, 0) is 61.7 Å². The lowest BCUT2D eigenvalue weighted by molar-refractivity contribution is -0.119. The number of nitrogens with one attached hydrogen (secondary N) is 2. The number of H-pyrrole nitrogens is 1. The Hall–Kier alpha value is -3.61. The van der Waals surface area contributed by atoms with E-state index in [1.165, 1.54) is 0 Å². The van der Waals surface area contributed by atoms with Crippen molar-refractivity contribution in [3.63, 3.8) is 0 Å². The fraction of sp³-hybridized carbons (Fsp3) is 0.261. The molecule has 1 fully saturated rings. The average Bonchev–Trinajstić information content (AvgIpc) is 3.32. The van der Waals surface area contributed by atoms with Crippen LogP contribution in [0.2, 0.25) is 0 Å². The molecular weight excluding hydrogens is 382 g/mol. The molecule has 1 aliphatic heterocycles. The maximum absolute atomic E-state index is 12.4. The molecule has 7 nitrogen and oxygen atoms in total. The minimum Gasteiger partial charge on any atom is -0.451 e. The molecule has 4 rings (SSSR count). The van der Waals surface area contributed by atoms with Gasteiger partial charge in [-0.2, -0.15) is 0 Å². The number of fused-ring (bicyclic) bond motifs is 1.